The fourth-order valence-electron chi connectivity index (χ4n) is 3.48. The van der Waals surface area contributed by atoms with Crippen LogP contribution in [0.5, 0.6) is 28.7 Å². The molecule has 3 rings (SSSR count). The van der Waals surface area contributed by atoms with E-state index in [4.69, 9.17) is 9.47 Å². The van der Waals surface area contributed by atoms with Gasteiger partial charge in [-0.25, -0.2) is 0 Å². The van der Waals surface area contributed by atoms with Gasteiger partial charge in [-0.3, -0.25) is 4.79 Å². The number of methoxy groups -OCH3 is 1. The van der Waals surface area contributed by atoms with Crippen molar-refractivity contribution in [1.82, 2.24) is 0 Å². The third-order valence-electron chi connectivity index (χ3n) is 5.56. The zero-order valence-corrected chi connectivity index (χ0v) is 20.7. The van der Waals surface area contributed by atoms with Crippen molar-refractivity contribution in [2.75, 3.05) is 20.3 Å². The molecular weight excluding hydrogens is 472 g/mol. The molecule has 37 heavy (non-hydrogen) atoms. The van der Waals surface area contributed by atoms with E-state index in [0.29, 0.717) is 19.0 Å². The van der Waals surface area contributed by atoms with Crippen molar-refractivity contribution in [3.63, 3.8) is 0 Å². The number of allylic oxidation sites excluding steroid dienone is 2. The molecule has 0 aliphatic heterocycles. The molecule has 0 aliphatic rings. The summed E-state index contributed by atoms with van der Waals surface area (Å²) in [7, 11) is 1.49. The largest absolute Gasteiger partial charge is 0.508 e. The number of phenols is 4. The van der Waals surface area contributed by atoms with E-state index < -0.39 is 5.78 Å². The maximum Gasteiger partial charge on any atom is 0.189 e. The molecular formula is C30H30O7. The summed E-state index contributed by atoms with van der Waals surface area (Å²) in [6.07, 6.45) is 8.66. The molecule has 0 fully saturated rings. The van der Waals surface area contributed by atoms with Crippen LogP contribution in [0.4, 0.5) is 0 Å². The smallest absolute Gasteiger partial charge is 0.189 e. The number of carbonyl (C=O) groups excluding carboxylic acids is 1. The van der Waals surface area contributed by atoms with Crippen molar-refractivity contribution >= 4 is 17.9 Å². The highest BCUT2D eigenvalue weighted by atomic mass is 16.5. The molecule has 0 aromatic heterocycles. The molecule has 0 aliphatic carbocycles. The predicted octanol–water partition coefficient (Wildman–Crippen LogP) is 5.63. The second-order valence-corrected chi connectivity index (χ2v) is 8.35. The number of phenolic OH excluding ortho intramolecular Hbond substituents is 4. The van der Waals surface area contributed by atoms with E-state index in [2.05, 4.69) is 0 Å². The fraction of sp³-hybridized carbons (Fsp3) is 0.167. The lowest BCUT2D eigenvalue weighted by atomic mass is 10.0. The van der Waals surface area contributed by atoms with E-state index in [1.165, 1.54) is 37.5 Å². The summed E-state index contributed by atoms with van der Waals surface area (Å²) in [6.45, 7) is 2.58. The molecule has 4 N–H and O–H groups in total. The summed E-state index contributed by atoms with van der Waals surface area (Å²) in [6, 6.07) is 14.2. The normalized spacial score (nSPS) is 11.9. The Balaban J connectivity index is 1.57. The molecule has 7 heteroatoms. The first-order valence-electron chi connectivity index (χ1n) is 11.6. The van der Waals surface area contributed by atoms with Gasteiger partial charge in [0, 0.05) is 5.56 Å². The zero-order valence-electron chi connectivity index (χ0n) is 20.7. The second kappa shape index (κ2) is 13.0. The van der Waals surface area contributed by atoms with Crippen LogP contribution < -0.4 is 4.74 Å². The van der Waals surface area contributed by atoms with E-state index in [9.17, 15) is 25.2 Å². The molecule has 3 aromatic rings. The van der Waals surface area contributed by atoms with Crippen LogP contribution in [0, 0.1) is 0 Å². The Morgan fingerprint density at radius 1 is 0.892 bits per heavy atom. The van der Waals surface area contributed by atoms with Crippen LogP contribution in [-0.4, -0.2) is 46.5 Å². The van der Waals surface area contributed by atoms with Crippen molar-refractivity contribution in [2.24, 2.45) is 0 Å². The summed E-state index contributed by atoms with van der Waals surface area (Å²) < 4.78 is 10.7. The highest BCUT2D eigenvalue weighted by molar-refractivity contribution is 6.09. The van der Waals surface area contributed by atoms with Crippen LogP contribution in [0.2, 0.25) is 0 Å². The summed E-state index contributed by atoms with van der Waals surface area (Å²) in [4.78, 5) is 12.6. The SMILES string of the molecule is COc1cc(/C=C/COC/C(C)=C/Cc2c(O)ccc(C(=O)/C=C/c3ccc(O)cc3)c2O)ccc1O. The quantitative estimate of drug-likeness (QED) is 0.116. The molecule has 0 amide bonds. The highest BCUT2D eigenvalue weighted by Gasteiger charge is 2.15. The first kappa shape index (κ1) is 27.1. The zero-order chi connectivity index (χ0) is 26.8. The molecule has 0 spiro atoms. The average Bonchev–Trinajstić information content (AvgIpc) is 2.88. The van der Waals surface area contributed by atoms with Gasteiger partial charge in [0.05, 0.1) is 25.9 Å². The lowest BCUT2D eigenvalue weighted by Gasteiger charge is -2.09. The Morgan fingerprint density at radius 2 is 1.59 bits per heavy atom. The lowest BCUT2D eigenvalue weighted by molar-refractivity contribution is 0.104. The number of benzene rings is 3. The predicted molar refractivity (Wildman–Crippen MR) is 143 cm³/mol. The van der Waals surface area contributed by atoms with Gasteiger partial charge in [-0.2, -0.15) is 0 Å². The van der Waals surface area contributed by atoms with Crippen LogP contribution in [0.25, 0.3) is 12.2 Å². The number of rotatable bonds is 11. The molecule has 0 radical (unpaired) electrons. The monoisotopic (exact) mass is 502 g/mol. The Labute approximate surface area is 215 Å². The fourth-order valence-corrected chi connectivity index (χ4v) is 3.48. The third kappa shape index (κ3) is 7.75. The van der Waals surface area contributed by atoms with Crippen molar-refractivity contribution in [3.8, 4) is 28.7 Å². The van der Waals surface area contributed by atoms with Gasteiger partial charge in [-0.1, -0.05) is 48.1 Å². The molecule has 3 aromatic carbocycles. The maximum absolute atomic E-state index is 12.6. The Morgan fingerprint density at radius 3 is 2.32 bits per heavy atom. The number of hydrogen-bond acceptors (Lipinski definition) is 7. The van der Waals surface area contributed by atoms with Crippen molar-refractivity contribution in [2.45, 2.75) is 13.3 Å². The minimum absolute atomic E-state index is 0.0779. The van der Waals surface area contributed by atoms with E-state index >= 15 is 0 Å². The Hall–Kier alpha value is -4.49. The minimum atomic E-state index is -0.408. The third-order valence-corrected chi connectivity index (χ3v) is 5.56. The molecule has 7 nitrogen and oxygen atoms in total. The molecule has 0 saturated heterocycles. The summed E-state index contributed by atoms with van der Waals surface area (Å²) in [5, 5.41) is 39.9. The van der Waals surface area contributed by atoms with Gasteiger partial charge in [0.2, 0.25) is 0 Å². The number of aromatic hydroxyl groups is 4. The van der Waals surface area contributed by atoms with Gasteiger partial charge in [0.1, 0.15) is 17.2 Å². The number of ether oxygens (including phenoxy) is 2. The van der Waals surface area contributed by atoms with E-state index in [0.717, 1.165) is 16.7 Å². The molecule has 192 valence electrons. The summed E-state index contributed by atoms with van der Waals surface area (Å²) in [5.74, 6) is -0.174. The molecule has 0 atom stereocenters. The molecule has 0 heterocycles. The molecule has 0 saturated carbocycles. The van der Waals surface area contributed by atoms with Gasteiger partial charge >= 0.3 is 0 Å². The van der Waals surface area contributed by atoms with Gasteiger partial charge < -0.3 is 29.9 Å². The van der Waals surface area contributed by atoms with Crippen LogP contribution >= 0.6 is 0 Å². The first-order chi connectivity index (χ1) is 17.8. The van der Waals surface area contributed by atoms with Crippen molar-refractivity contribution < 1.29 is 34.7 Å². The highest BCUT2D eigenvalue weighted by Crippen LogP contribution is 2.32. The van der Waals surface area contributed by atoms with Gasteiger partial charge in [-0.05, 0) is 66.9 Å². The average molecular weight is 503 g/mol. The summed E-state index contributed by atoms with van der Waals surface area (Å²) in [5.41, 5.74) is 2.82. The standard InChI is InChI=1S/C30H30O7/c1-20(19-37-17-3-4-22-9-15-28(34)29(18-22)36-2)5-12-24-27(33)16-13-25(30(24)35)26(32)14-8-21-6-10-23(31)11-7-21/h3-11,13-16,18,31,33-35H,12,17,19H2,1-2H3/b4-3+,14-8+,20-5+. The van der Waals surface area contributed by atoms with Crippen LogP contribution in [-0.2, 0) is 11.2 Å². The minimum Gasteiger partial charge on any atom is -0.508 e. The van der Waals surface area contributed by atoms with Gasteiger partial charge in [0.25, 0.3) is 0 Å². The van der Waals surface area contributed by atoms with Crippen LogP contribution in [0.1, 0.15) is 34.0 Å². The first-order valence-corrected chi connectivity index (χ1v) is 11.6. The molecule has 0 unspecified atom stereocenters. The number of hydrogen-bond donors (Lipinski definition) is 4. The van der Waals surface area contributed by atoms with Crippen molar-refractivity contribution in [1.29, 1.82) is 0 Å². The summed E-state index contributed by atoms with van der Waals surface area (Å²) >= 11 is 0. The number of ketones is 1. The lowest BCUT2D eigenvalue weighted by Crippen LogP contribution is -1.99. The van der Waals surface area contributed by atoms with E-state index in [-0.39, 0.29) is 40.5 Å². The van der Waals surface area contributed by atoms with Crippen LogP contribution in [0.15, 0.2) is 78.4 Å². The Bertz CT molecular complexity index is 1320. The number of carbonyl (C=O) groups is 1. The van der Waals surface area contributed by atoms with Crippen molar-refractivity contribution in [3.05, 3.63) is 101 Å². The van der Waals surface area contributed by atoms with Gasteiger partial charge in [0.15, 0.2) is 17.3 Å². The Kier molecular flexibility index (Phi) is 9.52. The van der Waals surface area contributed by atoms with Gasteiger partial charge in [-0.15, -0.1) is 0 Å². The van der Waals surface area contributed by atoms with Crippen LogP contribution in [0.3, 0.4) is 0 Å². The van der Waals surface area contributed by atoms with E-state index in [1.807, 2.05) is 25.2 Å². The second-order valence-electron chi connectivity index (χ2n) is 8.35. The topological polar surface area (TPSA) is 116 Å². The molecule has 0 bridgehead atoms. The maximum atomic E-state index is 12.6. The van der Waals surface area contributed by atoms with E-state index in [1.54, 1.807) is 36.4 Å².